The molecular formula is C16H19ClN4O. The molecule has 6 heteroatoms. The lowest BCUT2D eigenvalue weighted by Crippen LogP contribution is -2.24. The minimum absolute atomic E-state index is 0.252. The molecule has 0 aliphatic heterocycles. The van der Waals surface area contributed by atoms with Crippen molar-refractivity contribution >= 4 is 23.3 Å². The second kappa shape index (κ2) is 7.75. The summed E-state index contributed by atoms with van der Waals surface area (Å²) in [6, 6.07) is 11.1. The van der Waals surface area contributed by atoms with Crippen molar-refractivity contribution in [2.75, 3.05) is 5.32 Å². The molecule has 2 aromatic rings. The molecule has 1 amide bonds. The van der Waals surface area contributed by atoms with Gasteiger partial charge in [-0.2, -0.15) is 0 Å². The lowest BCUT2D eigenvalue weighted by Gasteiger charge is -2.11. The highest BCUT2D eigenvalue weighted by Crippen LogP contribution is 2.09. The molecule has 2 rings (SSSR count). The molecule has 22 heavy (non-hydrogen) atoms. The molecule has 0 radical (unpaired) electrons. The van der Waals surface area contributed by atoms with Gasteiger partial charge < -0.3 is 10.6 Å². The van der Waals surface area contributed by atoms with Crippen LogP contribution in [0.4, 0.5) is 5.82 Å². The zero-order valence-electron chi connectivity index (χ0n) is 12.6. The van der Waals surface area contributed by atoms with Gasteiger partial charge in [0.1, 0.15) is 5.82 Å². The summed E-state index contributed by atoms with van der Waals surface area (Å²) in [4.78, 5) is 12.0. The molecule has 1 aromatic heterocycles. The molecular weight excluding hydrogens is 300 g/mol. The quantitative estimate of drug-likeness (QED) is 0.858. The number of hydrogen-bond donors (Lipinski definition) is 2. The van der Waals surface area contributed by atoms with Gasteiger partial charge in [0.25, 0.3) is 5.91 Å². The molecule has 0 aliphatic rings. The first kappa shape index (κ1) is 16.2. The van der Waals surface area contributed by atoms with Gasteiger partial charge in [-0.15, -0.1) is 10.2 Å². The standard InChI is InChI=1S/C16H19ClN4O/c1-3-11(2)19-15-9-8-14(20-21-15)16(22)18-10-12-4-6-13(17)7-5-12/h4-9,11H,3,10H2,1-2H3,(H,18,22)(H,19,21). The van der Waals surface area contributed by atoms with Gasteiger partial charge in [0.2, 0.25) is 0 Å². The maximum Gasteiger partial charge on any atom is 0.272 e. The van der Waals surface area contributed by atoms with Crippen LogP contribution in [0.25, 0.3) is 0 Å². The predicted molar refractivity (Wildman–Crippen MR) is 88.0 cm³/mol. The van der Waals surface area contributed by atoms with Crippen LogP contribution in [0.5, 0.6) is 0 Å². The smallest absolute Gasteiger partial charge is 0.272 e. The molecule has 0 saturated heterocycles. The van der Waals surface area contributed by atoms with Crippen LogP contribution in [0.3, 0.4) is 0 Å². The Hall–Kier alpha value is -2.14. The van der Waals surface area contributed by atoms with Crippen LogP contribution in [0.1, 0.15) is 36.3 Å². The molecule has 1 heterocycles. The Morgan fingerprint density at radius 2 is 1.91 bits per heavy atom. The fourth-order valence-electron chi connectivity index (χ4n) is 1.76. The van der Waals surface area contributed by atoms with Crippen LogP contribution in [0.2, 0.25) is 5.02 Å². The Labute approximate surface area is 135 Å². The van der Waals surface area contributed by atoms with Crippen molar-refractivity contribution in [1.82, 2.24) is 15.5 Å². The van der Waals surface area contributed by atoms with Gasteiger partial charge in [0.05, 0.1) is 0 Å². The first-order valence-corrected chi connectivity index (χ1v) is 7.59. The zero-order chi connectivity index (χ0) is 15.9. The zero-order valence-corrected chi connectivity index (χ0v) is 13.4. The number of hydrogen-bond acceptors (Lipinski definition) is 4. The minimum Gasteiger partial charge on any atom is -0.366 e. The van der Waals surface area contributed by atoms with E-state index in [1.807, 2.05) is 12.1 Å². The van der Waals surface area contributed by atoms with E-state index in [0.717, 1.165) is 12.0 Å². The third kappa shape index (κ3) is 4.70. The van der Waals surface area contributed by atoms with Crippen molar-refractivity contribution in [3.05, 3.63) is 52.7 Å². The van der Waals surface area contributed by atoms with Gasteiger partial charge in [0.15, 0.2) is 5.69 Å². The Morgan fingerprint density at radius 3 is 2.50 bits per heavy atom. The van der Waals surface area contributed by atoms with Crippen LogP contribution in [-0.4, -0.2) is 22.1 Å². The van der Waals surface area contributed by atoms with Gasteiger partial charge in [-0.3, -0.25) is 4.79 Å². The van der Waals surface area contributed by atoms with E-state index in [-0.39, 0.29) is 5.91 Å². The van der Waals surface area contributed by atoms with E-state index in [9.17, 15) is 4.79 Å². The van der Waals surface area contributed by atoms with E-state index in [4.69, 9.17) is 11.6 Å². The van der Waals surface area contributed by atoms with E-state index < -0.39 is 0 Å². The van der Waals surface area contributed by atoms with Crippen molar-refractivity contribution in [2.45, 2.75) is 32.9 Å². The summed E-state index contributed by atoms with van der Waals surface area (Å²) in [5, 5.41) is 14.6. The molecule has 0 spiro atoms. The minimum atomic E-state index is -0.252. The summed E-state index contributed by atoms with van der Waals surface area (Å²) in [6.45, 7) is 4.57. The second-order valence-corrected chi connectivity index (χ2v) is 5.50. The van der Waals surface area contributed by atoms with E-state index in [2.05, 4.69) is 34.7 Å². The van der Waals surface area contributed by atoms with Crippen molar-refractivity contribution < 1.29 is 4.79 Å². The third-order valence-corrected chi connectivity index (χ3v) is 3.52. The molecule has 5 nitrogen and oxygen atoms in total. The molecule has 0 aliphatic carbocycles. The number of carbonyl (C=O) groups is 1. The van der Waals surface area contributed by atoms with E-state index >= 15 is 0 Å². The monoisotopic (exact) mass is 318 g/mol. The lowest BCUT2D eigenvalue weighted by molar-refractivity contribution is 0.0945. The fraction of sp³-hybridized carbons (Fsp3) is 0.312. The normalized spacial score (nSPS) is 11.8. The number of aromatic nitrogens is 2. The number of nitrogens with one attached hydrogen (secondary N) is 2. The van der Waals surface area contributed by atoms with E-state index in [1.54, 1.807) is 24.3 Å². The van der Waals surface area contributed by atoms with Crippen LogP contribution in [-0.2, 0) is 6.54 Å². The second-order valence-electron chi connectivity index (χ2n) is 5.07. The van der Waals surface area contributed by atoms with Crippen molar-refractivity contribution in [2.24, 2.45) is 0 Å². The summed E-state index contributed by atoms with van der Waals surface area (Å²) in [5.74, 6) is 0.418. The van der Waals surface area contributed by atoms with E-state index in [1.165, 1.54) is 0 Å². The van der Waals surface area contributed by atoms with Crippen LogP contribution in [0.15, 0.2) is 36.4 Å². The Morgan fingerprint density at radius 1 is 1.18 bits per heavy atom. The highest BCUT2D eigenvalue weighted by atomic mass is 35.5. The molecule has 0 bridgehead atoms. The molecule has 1 atom stereocenters. The SMILES string of the molecule is CCC(C)Nc1ccc(C(=O)NCc2ccc(Cl)cc2)nn1. The van der Waals surface area contributed by atoms with Gasteiger partial charge in [0, 0.05) is 17.6 Å². The number of halogens is 1. The summed E-state index contributed by atoms with van der Waals surface area (Å²) in [6.07, 6.45) is 0.991. The van der Waals surface area contributed by atoms with Gasteiger partial charge >= 0.3 is 0 Å². The lowest BCUT2D eigenvalue weighted by atomic mass is 10.2. The largest absolute Gasteiger partial charge is 0.366 e. The number of carbonyl (C=O) groups excluding carboxylic acids is 1. The van der Waals surface area contributed by atoms with Crippen LogP contribution >= 0.6 is 11.6 Å². The average molecular weight is 319 g/mol. The van der Waals surface area contributed by atoms with Crippen molar-refractivity contribution in [1.29, 1.82) is 0 Å². The molecule has 1 unspecified atom stereocenters. The summed E-state index contributed by atoms with van der Waals surface area (Å²) >= 11 is 5.82. The Bertz CT molecular complexity index is 613. The summed E-state index contributed by atoms with van der Waals surface area (Å²) in [5.41, 5.74) is 1.27. The molecule has 2 N–H and O–H groups in total. The molecule has 0 fully saturated rings. The first-order chi connectivity index (χ1) is 10.6. The number of amides is 1. The van der Waals surface area contributed by atoms with Gasteiger partial charge in [-0.1, -0.05) is 30.7 Å². The maximum atomic E-state index is 12.0. The molecule has 116 valence electrons. The predicted octanol–water partition coefficient (Wildman–Crippen LogP) is 3.27. The van der Waals surface area contributed by atoms with Crippen molar-refractivity contribution in [3.63, 3.8) is 0 Å². The molecule has 1 aromatic carbocycles. The fourth-order valence-corrected chi connectivity index (χ4v) is 1.89. The third-order valence-electron chi connectivity index (χ3n) is 3.27. The summed E-state index contributed by atoms with van der Waals surface area (Å²) in [7, 11) is 0. The Kier molecular flexibility index (Phi) is 5.72. The van der Waals surface area contributed by atoms with Gasteiger partial charge in [-0.25, -0.2) is 0 Å². The number of nitrogens with zero attached hydrogens (tertiary/aromatic N) is 2. The number of anilines is 1. The average Bonchev–Trinajstić information content (AvgIpc) is 2.54. The van der Waals surface area contributed by atoms with Crippen LogP contribution in [0, 0.1) is 0 Å². The first-order valence-electron chi connectivity index (χ1n) is 7.21. The van der Waals surface area contributed by atoms with E-state index in [0.29, 0.717) is 29.1 Å². The summed E-state index contributed by atoms with van der Waals surface area (Å²) < 4.78 is 0. The topological polar surface area (TPSA) is 66.9 Å². The Balaban J connectivity index is 1.90. The highest BCUT2D eigenvalue weighted by molar-refractivity contribution is 6.30. The maximum absolute atomic E-state index is 12.0. The van der Waals surface area contributed by atoms with Gasteiger partial charge in [-0.05, 0) is 43.2 Å². The number of rotatable bonds is 6. The number of benzene rings is 1. The van der Waals surface area contributed by atoms with Crippen LogP contribution < -0.4 is 10.6 Å². The van der Waals surface area contributed by atoms with Crippen molar-refractivity contribution in [3.8, 4) is 0 Å². The highest BCUT2D eigenvalue weighted by Gasteiger charge is 2.08. The molecule has 0 saturated carbocycles.